The first-order valence-electron chi connectivity index (χ1n) is 8.06. The van der Waals surface area contributed by atoms with Gasteiger partial charge in [0.15, 0.2) is 0 Å². The number of hydrogen-bond donors (Lipinski definition) is 0. The average molecular weight is 342 g/mol. The van der Waals surface area contributed by atoms with Gasteiger partial charge in [-0.15, -0.1) is 0 Å². The van der Waals surface area contributed by atoms with Crippen LogP contribution in [-0.2, 0) is 21.9 Å². The molecule has 1 saturated heterocycles. The Hall–Kier alpha value is -1.41. The molecule has 0 bridgehead atoms. The van der Waals surface area contributed by atoms with Crippen LogP contribution in [0.4, 0.5) is 0 Å². The molecule has 0 N–H and O–H groups in total. The van der Waals surface area contributed by atoms with Gasteiger partial charge in [0.2, 0.25) is 15.9 Å². The molecule has 1 atom stereocenters. The number of likely N-dealkylation sites (N-methyl/N-ethyl adjacent to an activating group) is 1. The summed E-state index contributed by atoms with van der Waals surface area (Å²) < 4.78 is 29.1. The summed E-state index contributed by atoms with van der Waals surface area (Å²) in [4.78, 5) is 14.6. The molecule has 130 valence electrons. The number of sulfonamides is 1. The molecule has 1 amide bonds. The third-order valence-electron chi connectivity index (χ3n) is 4.57. The number of hydrogen-bond acceptors (Lipinski definition) is 4. The predicted octanol–water partition coefficient (Wildman–Crippen LogP) is 1.06. The molecule has 8 heteroatoms. The lowest BCUT2D eigenvalue weighted by Gasteiger charge is -2.28. The van der Waals surface area contributed by atoms with Crippen LogP contribution in [-0.4, -0.2) is 59.0 Å². The maximum atomic E-state index is 13.1. The molecule has 2 rings (SSSR count). The second kappa shape index (κ2) is 6.60. The standard InChI is InChI=1S/C15H26N4O3S/c1-6-18(7-2)15(20)13-9-8-10-19(13)23(21,22)14-11(3)16-17(5)12(14)4/h13H,6-10H2,1-5H3/t13-/m0/s1. The monoisotopic (exact) mass is 342 g/mol. The number of aryl methyl sites for hydroxylation is 2. The summed E-state index contributed by atoms with van der Waals surface area (Å²) in [5.41, 5.74) is 1.08. The minimum atomic E-state index is -3.72. The molecule has 0 aromatic carbocycles. The number of amides is 1. The van der Waals surface area contributed by atoms with Gasteiger partial charge in [0, 0.05) is 26.7 Å². The molecule has 1 aliphatic rings. The van der Waals surface area contributed by atoms with Gasteiger partial charge in [-0.3, -0.25) is 9.48 Å². The highest BCUT2D eigenvalue weighted by molar-refractivity contribution is 7.89. The van der Waals surface area contributed by atoms with Gasteiger partial charge >= 0.3 is 0 Å². The first-order chi connectivity index (χ1) is 10.8. The molecule has 0 spiro atoms. The summed E-state index contributed by atoms with van der Waals surface area (Å²) in [5.74, 6) is -0.102. The number of aromatic nitrogens is 2. The zero-order chi connectivity index (χ0) is 17.4. The molecule has 0 aliphatic carbocycles. The molecule has 1 aromatic rings. The van der Waals surface area contributed by atoms with Gasteiger partial charge < -0.3 is 4.90 Å². The lowest BCUT2D eigenvalue weighted by Crippen LogP contribution is -2.47. The van der Waals surface area contributed by atoms with E-state index in [2.05, 4.69) is 5.10 Å². The number of carbonyl (C=O) groups is 1. The fraction of sp³-hybridized carbons (Fsp3) is 0.733. The summed E-state index contributed by atoms with van der Waals surface area (Å²) in [6, 6.07) is -0.598. The maximum Gasteiger partial charge on any atom is 0.247 e. The van der Waals surface area contributed by atoms with Crippen molar-refractivity contribution in [1.29, 1.82) is 0 Å². The highest BCUT2D eigenvalue weighted by atomic mass is 32.2. The van der Waals surface area contributed by atoms with E-state index in [1.165, 1.54) is 4.31 Å². The van der Waals surface area contributed by atoms with Crippen LogP contribution in [0.15, 0.2) is 4.90 Å². The van der Waals surface area contributed by atoms with Gasteiger partial charge in [-0.1, -0.05) is 0 Å². The quantitative estimate of drug-likeness (QED) is 0.802. The van der Waals surface area contributed by atoms with Crippen molar-refractivity contribution in [2.45, 2.75) is 51.5 Å². The van der Waals surface area contributed by atoms with Crippen LogP contribution < -0.4 is 0 Å². The zero-order valence-corrected chi connectivity index (χ0v) is 15.4. The Morgan fingerprint density at radius 3 is 2.39 bits per heavy atom. The van der Waals surface area contributed by atoms with E-state index in [-0.39, 0.29) is 10.8 Å². The van der Waals surface area contributed by atoms with Crippen LogP contribution in [0.25, 0.3) is 0 Å². The molecule has 23 heavy (non-hydrogen) atoms. The molecule has 2 heterocycles. The van der Waals surface area contributed by atoms with Crippen molar-refractivity contribution in [2.75, 3.05) is 19.6 Å². The van der Waals surface area contributed by atoms with Crippen LogP contribution in [0.3, 0.4) is 0 Å². The Balaban J connectivity index is 2.41. The Kier molecular flexibility index (Phi) is 5.15. The van der Waals surface area contributed by atoms with Crippen molar-refractivity contribution in [3.63, 3.8) is 0 Å². The Labute approximate surface area is 138 Å². The third kappa shape index (κ3) is 3.01. The average Bonchev–Trinajstić information content (AvgIpc) is 3.06. The van der Waals surface area contributed by atoms with Crippen LogP contribution in [0.5, 0.6) is 0 Å². The predicted molar refractivity (Wildman–Crippen MR) is 87.5 cm³/mol. The van der Waals surface area contributed by atoms with Gasteiger partial charge in [-0.05, 0) is 40.5 Å². The normalized spacial score (nSPS) is 19.3. The van der Waals surface area contributed by atoms with E-state index in [9.17, 15) is 13.2 Å². The van der Waals surface area contributed by atoms with E-state index in [1.807, 2.05) is 13.8 Å². The largest absolute Gasteiger partial charge is 0.342 e. The first-order valence-corrected chi connectivity index (χ1v) is 9.50. The van der Waals surface area contributed by atoms with Crippen LogP contribution in [0.1, 0.15) is 38.1 Å². The van der Waals surface area contributed by atoms with E-state index in [0.29, 0.717) is 43.9 Å². The van der Waals surface area contributed by atoms with Crippen molar-refractivity contribution in [1.82, 2.24) is 19.0 Å². The number of nitrogens with zero attached hydrogens (tertiary/aromatic N) is 4. The minimum Gasteiger partial charge on any atom is -0.342 e. The Morgan fingerprint density at radius 1 is 1.30 bits per heavy atom. The van der Waals surface area contributed by atoms with E-state index >= 15 is 0 Å². The van der Waals surface area contributed by atoms with E-state index < -0.39 is 16.1 Å². The van der Waals surface area contributed by atoms with Crippen molar-refractivity contribution >= 4 is 15.9 Å². The Morgan fingerprint density at radius 2 is 1.91 bits per heavy atom. The molecule has 1 fully saturated rings. The van der Waals surface area contributed by atoms with Gasteiger partial charge in [0.1, 0.15) is 10.9 Å². The van der Waals surface area contributed by atoms with Gasteiger partial charge in [0.05, 0.1) is 11.4 Å². The van der Waals surface area contributed by atoms with Crippen molar-refractivity contribution in [2.24, 2.45) is 7.05 Å². The fourth-order valence-corrected chi connectivity index (χ4v) is 5.32. The second-order valence-electron chi connectivity index (χ2n) is 5.91. The molecule has 1 aliphatic heterocycles. The van der Waals surface area contributed by atoms with Gasteiger partial charge in [0.25, 0.3) is 0 Å². The summed E-state index contributed by atoms with van der Waals surface area (Å²) in [6.45, 7) is 8.81. The van der Waals surface area contributed by atoms with Gasteiger partial charge in [-0.2, -0.15) is 9.40 Å². The van der Waals surface area contributed by atoms with Crippen LogP contribution in [0.2, 0.25) is 0 Å². The van der Waals surface area contributed by atoms with Crippen molar-refractivity contribution in [3.8, 4) is 0 Å². The highest BCUT2D eigenvalue weighted by Gasteiger charge is 2.42. The van der Waals surface area contributed by atoms with E-state index in [1.54, 1.807) is 30.5 Å². The molecule has 1 aromatic heterocycles. The molecule has 0 saturated carbocycles. The number of rotatable bonds is 5. The highest BCUT2D eigenvalue weighted by Crippen LogP contribution is 2.30. The maximum absolute atomic E-state index is 13.1. The smallest absolute Gasteiger partial charge is 0.247 e. The Bertz CT molecular complexity index is 692. The van der Waals surface area contributed by atoms with Crippen LogP contribution in [0, 0.1) is 13.8 Å². The van der Waals surface area contributed by atoms with Crippen molar-refractivity contribution < 1.29 is 13.2 Å². The molecule has 0 radical (unpaired) electrons. The summed E-state index contributed by atoms with van der Waals surface area (Å²) in [5, 5.41) is 4.20. The molecular formula is C15H26N4O3S. The topological polar surface area (TPSA) is 75.5 Å². The third-order valence-corrected chi connectivity index (χ3v) is 6.73. The number of carbonyl (C=O) groups excluding carboxylic acids is 1. The van der Waals surface area contributed by atoms with E-state index in [0.717, 1.165) is 0 Å². The van der Waals surface area contributed by atoms with Crippen LogP contribution >= 0.6 is 0 Å². The molecular weight excluding hydrogens is 316 g/mol. The second-order valence-corrected chi connectivity index (χ2v) is 7.74. The zero-order valence-electron chi connectivity index (χ0n) is 14.5. The summed E-state index contributed by atoms with van der Waals surface area (Å²) in [7, 11) is -1.99. The molecule has 7 nitrogen and oxygen atoms in total. The lowest BCUT2D eigenvalue weighted by molar-refractivity contribution is -0.134. The fourth-order valence-electron chi connectivity index (χ4n) is 3.27. The van der Waals surface area contributed by atoms with E-state index in [4.69, 9.17) is 0 Å². The molecule has 0 unspecified atom stereocenters. The van der Waals surface area contributed by atoms with Crippen molar-refractivity contribution in [3.05, 3.63) is 11.4 Å². The first kappa shape index (κ1) is 17.9. The van der Waals surface area contributed by atoms with Gasteiger partial charge in [-0.25, -0.2) is 8.42 Å². The summed E-state index contributed by atoms with van der Waals surface area (Å²) >= 11 is 0. The SMILES string of the molecule is CCN(CC)C(=O)[C@@H]1CCCN1S(=O)(=O)c1c(C)nn(C)c1C. The lowest BCUT2D eigenvalue weighted by atomic mass is 10.2. The minimum absolute atomic E-state index is 0.102. The summed E-state index contributed by atoms with van der Waals surface area (Å²) in [6.07, 6.45) is 1.28.